The van der Waals surface area contributed by atoms with Crippen molar-refractivity contribution in [1.29, 1.82) is 0 Å². The summed E-state index contributed by atoms with van der Waals surface area (Å²) in [6.07, 6.45) is 4.92. The molecule has 94 valence electrons. The smallest absolute Gasteiger partial charge is 0.188 e. The first-order valence-corrected chi connectivity index (χ1v) is 6.44. The van der Waals surface area contributed by atoms with Gasteiger partial charge in [0.2, 0.25) is 0 Å². The molecular weight excluding hydrogens is 200 g/mol. The zero-order valence-corrected chi connectivity index (χ0v) is 10.7. The molecule has 1 aliphatic heterocycles. The van der Waals surface area contributed by atoms with Gasteiger partial charge in [-0.1, -0.05) is 13.3 Å². The molecule has 0 aliphatic carbocycles. The van der Waals surface area contributed by atoms with E-state index in [0.29, 0.717) is 11.9 Å². The molecule has 1 aliphatic rings. The summed E-state index contributed by atoms with van der Waals surface area (Å²) < 4.78 is 0. The number of rotatable bonds is 5. The molecule has 0 radical (unpaired) electrons. The van der Waals surface area contributed by atoms with E-state index >= 15 is 0 Å². The summed E-state index contributed by atoms with van der Waals surface area (Å²) in [5.41, 5.74) is 5.79. The third-order valence-corrected chi connectivity index (χ3v) is 3.08. The second kappa shape index (κ2) is 7.49. The molecule has 0 aromatic rings. The first-order valence-electron chi connectivity index (χ1n) is 6.44. The first-order chi connectivity index (χ1) is 7.72. The van der Waals surface area contributed by atoms with Gasteiger partial charge in [-0.3, -0.25) is 4.99 Å². The van der Waals surface area contributed by atoms with Crippen LogP contribution in [0.4, 0.5) is 0 Å². The van der Waals surface area contributed by atoms with E-state index in [1.807, 2.05) is 0 Å². The van der Waals surface area contributed by atoms with Crippen molar-refractivity contribution in [3.63, 3.8) is 0 Å². The van der Waals surface area contributed by atoms with Gasteiger partial charge in [-0.25, -0.2) is 0 Å². The van der Waals surface area contributed by atoms with Crippen molar-refractivity contribution < 1.29 is 0 Å². The highest BCUT2D eigenvalue weighted by atomic mass is 15.1. The van der Waals surface area contributed by atoms with Gasteiger partial charge in [0.1, 0.15) is 0 Å². The fraction of sp³-hybridized carbons (Fsp3) is 0.917. The van der Waals surface area contributed by atoms with Crippen molar-refractivity contribution in [2.24, 2.45) is 16.6 Å². The van der Waals surface area contributed by atoms with E-state index in [2.05, 4.69) is 29.2 Å². The minimum Gasteiger partial charge on any atom is -0.370 e. The number of nitrogens with two attached hydrogens (primary N) is 1. The SMILES string of the molecule is CCCCNC(N)=NCC1CCCN(C)C1. The van der Waals surface area contributed by atoms with Crippen molar-refractivity contribution in [3.8, 4) is 0 Å². The molecule has 1 atom stereocenters. The van der Waals surface area contributed by atoms with Gasteiger partial charge in [0.25, 0.3) is 0 Å². The predicted molar refractivity (Wildman–Crippen MR) is 69.6 cm³/mol. The van der Waals surface area contributed by atoms with Crippen LogP contribution in [0.15, 0.2) is 4.99 Å². The Labute approximate surface area is 99.3 Å². The zero-order chi connectivity index (χ0) is 11.8. The molecule has 1 rings (SSSR count). The maximum atomic E-state index is 5.79. The molecule has 0 aromatic carbocycles. The topological polar surface area (TPSA) is 53.6 Å². The molecule has 0 spiro atoms. The predicted octanol–water partition coefficient (Wildman–Crippen LogP) is 1.03. The van der Waals surface area contributed by atoms with E-state index in [1.165, 1.54) is 25.8 Å². The lowest BCUT2D eigenvalue weighted by molar-refractivity contribution is 0.214. The van der Waals surface area contributed by atoms with E-state index in [9.17, 15) is 0 Å². The Hall–Kier alpha value is -0.770. The number of likely N-dealkylation sites (tertiary alicyclic amines) is 1. The highest BCUT2D eigenvalue weighted by Crippen LogP contribution is 2.14. The van der Waals surface area contributed by atoms with Crippen LogP contribution in [-0.2, 0) is 0 Å². The Bertz CT molecular complexity index is 215. The number of nitrogens with zero attached hydrogens (tertiary/aromatic N) is 2. The summed E-state index contributed by atoms with van der Waals surface area (Å²) >= 11 is 0. The molecule has 0 bridgehead atoms. The molecule has 16 heavy (non-hydrogen) atoms. The van der Waals surface area contributed by atoms with Crippen molar-refractivity contribution in [2.75, 3.05) is 33.2 Å². The Morgan fingerprint density at radius 1 is 1.56 bits per heavy atom. The number of unbranched alkanes of at least 4 members (excludes halogenated alkanes) is 1. The highest BCUT2D eigenvalue weighted by molar-refractivity contribution is 5.77. The quantitative estimate of drug-likeness (QED) is 0.418. The summed E-state index contributed by atoms with van der Waals surface area (Å²) in [5.74, 6) is 1.30. The minimum absolute atomic E-state index is 0.613. The number of guanidine groups is 1. The normalized spacial score (nSPS) is 23.4. The van der Waals surface area contributed by atoms with Gasteiger partial charge in [0, 0.05) is 19.6 Å². The molecule has 1 heterocycles. The number of aliphatic imine (C=N–C) groups is 1. The molecule has 1 fully saturated rings. The maximum absolute atomic E-state index is 5.79. The summed E-state index contributed by atoms with van der Waals surface area (Å²) in [5, 5.41) is 3.15. The van der Waals surface area contributed by atoms with Gasteiger partial charge in [0.05, 0.1) is 0 Å². The Morgan fingerprint density at radius 3 is 3.06 bits per heavy atom. The third kappa shape index (κ3) is 5.35. The Morgan fingerprint density at radius 2 is 2.38 bits per heavy atom. The number of nitrogens with one attached hydrogen (secondary N) is 1. The summed E-state index contributed by atoms with van der Waals surface area (Å²) in [6, 6.07) is 0. The molecule has 0 aromatic heterocycles. The Kier molecular flexibility index (Phi) is 6.23. The van der Waals surface area contributed by atoms with Crippen molar-refractivity contribution in [1.82, 2.24) is 10.2 Å². The summed E-state index contributed by atoms with van der Waals surface area (Å²) in [4.78, 5) is 6.79. The number of hydrogen-bond acceptors (Lipinski definition) is 2. The summed E-state index contributed by atoms with van der Waals surface area (Å²) in [7, 11) is 2.18. The fourth-order valence-corrected chi connectivity index (χ4v) is 2.10. The molecule has 1 saturated heterocycles. The van der Waals surface area contributed by atoms with Gasteiger partial charge in [-0.2, -0.15) is 0 Å². The third-order valence-electron chi connectivity index (χ3n) is 3.08. The second-order valence-electron chi connectivity index (χ2n) is 4.78. The van der Waals surface area contributed by atoms with Crippen LogP contribution in [0.25, 0.3) is 0 Å². The summed E-state index contributed by atoms with van der Waals surface area (Å²) in [6.45, 7) is 6.37. The largest absolute Gasteiger partial charge is 0.370 e. The molecule has 1 unspecified atom stereocenters. The lowest BCUT2D eigenvalue weighted by Gasteiger charge is -2.28. The monoisotopic (exact) mass is 226 g/mol. The van der Waals surface area contributed by atoms with Gasteiger partial charge < -0.3 is 16.0 Å². The zero-order valence-electron chi connectivity index (χ0n) is 10.7. The molecule has 4 nitrogen and oxygen atoms in total. The first kappa shape index (κ1) is 13.3. The number of hydrogen-bond donors (Lipinski definition) is 2. The van der Waals surface area contributed by atoms with Crippen LogP contribution in [-0.4, -0.2) is 44.1 Å². The molecule has 0 amide bonds. The van der Waals surface area contributed by atoms with E-state index in [1.54, 1.807) is 0 Å². The lowest BCUT2D eigenvalue weighted by atomic mass is 9.99. The van der Waals surface area contributed by atoms with E-state index < -0.39 is 0 Å². The Balaban J connectivity index is 2.18. The van der Waals surface area contributed by atoms with Crippen LogP contribution in [0.3, 0.4) is 0 Å². The van der Waals surface area contributed by atoms with Crippen molar-refractivity contribution in [2.45, 2.75) is 32.6 Å². The second-order valence-corrected chi connectivity index (χ2v) is 4.78. The van der Waals surface area contributed by atoms with Crippen LogP contribution in [0, 0.1) is 5.92 Å². The van der Waals surface area contributed by atoms with Crippen molar-refractivity contribution in [3.05, 3.63) is 0 Å². The van der Waals surface area contributed by atoms with Crippen LogP contribution >= 0.6 is 0 Å². The van der Waals surface area contributed by atoms with Crippen LogP contribution in [0.1, 0.15) is 32.6 Å². The standard InChI is InChI=1S/C12H26N4/c1-3-4-7-14-12(13)15-9-11-6-5-8-16(2)10-11/h11H,3-10H2,1-2H3,(H3,13,14,15). The maximum Gasteiger partial charge on any atom is 0.188 e. The average molecular weight is 226 g/mol. The van der Waals surface area contributed by atoms with E-state index in [0.717, 1.165) is 26.1 Å². The number of piperidine rings is 1. The van der Waals surface area contributed by atoms with Gasteiger partial charge in [0.15, 0.2) is 5.96 Å². The molecule has 4 heteroatoms. The van der Waals surface area contributed by atoms with E-state index in [4.69, 9.17) is 5.73 Å². The van der Waals surface area contributed by atoms with Gasteiger partial charge in [-0.15, -0.1) is 0 Å². The molecule has 3 N–H and O–H groups in total. The van der Waals surface area contributed by atoms with E-state index in [-0.39, 0.29) is 0 Å². The van der Waals surface area contributed by atoms with Crippen molar-refractivity contribution >= 4 is 5.96 Å². The van der Waals surface area contributed by atoms with Gasteiger partial charge >= 0.3 is 0 Å². The lowest BCUT2D eigenvalue weighted by Crippen LogP contribution is -2.36. The minimum atomic E-state index is 0.613. The molecule has 0 saturated carbocycles. The highest BCUT2D eigenvalue weighted by Gasteiger charge is 2.16. The molecular formula is C12H26N4. The fourth-order valence-electron chi connectivity index (χ4n) is 2.10. The van der Waals surface area contributed by atoms with Crippen LogP contribution < -0.4 is 11.1 Å². The van der Waals surface area contributed by atoms with Crippen LogP contribution in [0.2, 0.25) is 0 Å². The van der Waals surface area contributed by atoms with Crippen LogP contribution in [0.5, 0.6) is 0 Å². The average Bonchev–Trinajstić information content (AvgIpc) is 2.27. The van der Waals surface area contributed by atoms with Gasteiger partial charge in [-0.05, 0) is 38.8 Å².